The second-order valence-electron chi connectivity index (χ2n) is 6.81. The average Bonchev–Trinajstić information content (AvgIpc) is 3.34. The van der Waals surface area contributed by atoms with E-state index in [4.69, 9.17) is 0 Å². The Bertz CT molecular complexity index is 891. The molecule has 1 atom stereocenters. The molecule has 2 N–H and O–H groups in total. The van der Waals surface area contributed by atoms with E-state index < -0.39 is 0 Å². The van der Waals surface area contributed by atoms with Crippen LogP contribution in [0.25, 0.3) is 11.3 Å². The van der Waals surface area contributed by atoms with Gasteiger partial charge in [0.2, 0.25) is 5.91 Å². The summed E-state index contributed by atoms with van der Waals surface area (Å²) in [5, 5.41) is 14.6. The van der Waals surface area contributed by atoms with Crippen LogP contribution in [0.1, 0.15) is 18.4 Å². The lowest BCUT2D eigenvalue weighted by molar-refractivity contribution is -0.121. The van der Waals surface area contributed by atoms with Crippen molar-refractivity contribution in [3.8, 4) is 11.3 Å². The van der Waals surface area contributed by atoms with Gasteiger partial charge in [-0.15, -0.1) is 0 Å². The topological polar surface area (TPSA) is 61.0 Å². The minimum atomic E-state index is -0.254. The van der Waals surface area contributed by atoms with Gasteiger partial charge >= 0.3 is 0 Å². The highest BCUT2D eigenvalue weighted by atomic mass is 32.1. The van der Waals surface area contributed by atoms with Gasteiger partial charge in [-0.3, -0.25) is 9.89 Å². The summed E-state index contributed by atoms with van der Waals surface area (Å²) in [5.41, 5.74) is 2.81. The smallest absolute Gasteiger partial charge is 0.224 e. The molecule has 1 aliphatic rings. The molecule has 5 nitrogen and oxygen atoms in total. The van der Waals surface area contributed by atoms with Crippen molar-refractivity contribution >= 4 is 23.1 Å². The number of thiophene rings is 1. The van der Waals surface area contributed by atoms with E-state index in [1.54, 1.807) is 23.5 Å². The Hall–Kier alpha value is -2.67. The molecular weight excluding hydrogens is 363 g/mol. The van der Waals surface area contributed by atoms with Crippen LogP contribution >= 0.6 is 11.3 Å². The predicted octanol–water partition coefficient (Wildman–Crippen LogP) is 3.61. The SMILES string of the molecule is O=C(Cc1ccsc1)NC1CCCN(c2cc(-c3ccc(F)cc3)[nH]n2)C1. The lowest BCUT2D eigenvalue weighted by Crippen LogP contribution is -2.48. The molecule has 1 aliphatic heterocycles. The van der Waals surface area contributed by atoms with Crippen LogP contribution in [-0.4, -0.2) is 35.2 Å². The number of nitrogens with zero attached hydrogens (tertiary/aromatic N) is 2. The molecule has 0 saturated carbocycles. The molecular formula is C20H21FN4OS. The maximum absolute atomic E-state index is 13.1. The van der Waals surface area contributed by atoms with Gasteiger partial charge in [-0.25, -0.2) is 4.39 Å². The number of nitrogens with one attached hydrogen (secondary N) is 2. The average molecular weight is 384 g/mol. The van der Waals surface area contributed by atoms with Crippen molar-refractivity contribution in [2.24, 2.45) is 0 Å². The number of aromatic nitrogens is 2. The number of amides is 1. The third-order valence-electron chi connectivity index (χ3n) is 4.77. The number of anilines is 1. The standard InChI is InChI=1S/C20H21FN4OS/c21-16-5-3-15(4-6-16)18-11-19(24-23-18)25-8-1-2-17(12-25)22-20(26)10-14-7-9-27-13-14/h3-7,9,11,13,17H,1-2,8,10,12H2,(H,22,26)(H,23,24). The largest absolute Gasteiger partial charge is 0.353 e. The molecule has 0 radical (unpaired) electrons. The number of benzene rings is 1. The second-order valence-corrected chi connectivity index (χ2v) is 7.59. The number of carbonyl (C=O) groups is 1. The summed E-state index contributed by atoms with van der Waals surface area (Å²) in [7, 11) is 0. The van der Waals surface area contributed by atoms with Crippen molar-refractivity contribution in [1.82, 2.24) is 15.5 Å². The van der Waals surface area contributed by atoms with Crippen molar-refractivity contribution < 1.29 is 9.18 Å². The summed E-state index contributed by atoms with van der Waals surface area (Å²) in [6.07, 6.45) is 2.40. The van der Waals surface area contributed by atoms with Crippen LogP contribution < -0.4 is 10.2 Å². The number of hydrogen-bond acceptors (Lipinski definition) is 4. The first kappa shape index (κ1) is 17.7. The van der Waals surface area contributed by atoms with E-state index in [-0.39, 0.29) is 17.8 Å². The summed E-state index contributed by atoms with van der Waals surface area (Å²) in [5.74, 6) is 0.663. The molecule has 3 heterocycles. The molecule has 0 aliphatic carbocycles. The molecule has 1 unspecified atom stereocenters. The fourth-order valence-electron chi connectivity index (χ4n) is 3.41. The first-order valence-electron chi connectivity index (χ1n) is 9.04. The zero-order valence-corrected chi connectivity index (χ0v) is 15.6. The van der Waals surface area contributed by atoms with Gasteiger partial charge in [0, 0.05) is 25.2 Å². The monoisotopic (exact) mass is 384 g/mol. The minimum Gasteiger partial charge on any atom is -0.353 e. The van der Waals surface area contributed by atoms with Crippen LogP contribution in [0.2, 0.25) is 0 Å². The summed E-state index contributed by atoms with van der Waals surface area (Å²) in [6.45, 7) is 1.65. The maximum Gasteiger partial charge on any atom is 0.224 e. The molecule has 2 aromatic heterocycles. The molecule has 140 valence electrons. The van der Waals surface area contributed by atoms with Crippen LogP contribution in [0, 0.1) is 5.82 Å². The van der Waals surface area contributed by atoms with Crippen molar-refractivity contribution in [3.63, 3.8) is 0 Å². The van der Waals surface area contributed by atoms with E-state index in [0.29, 0.717) is 6.42 Å². The van der Waals surface area contributed by atoms with E-state index in [9.17, 15) is 9.18 Å². The number of carbonyl (C=O) groups excluding carboxylic acids is 1. The van der Waals surface area contributed by atoms with Crippen LogP contribution in [0.4, 0.5) is 10.2 Å². The van der Waals surface area contributed by atoms with E-state index in [0.717, 1.165) is 48.6 Å². The fraction of sp³-hybridized carbons (Fsp3) is 0.300. The number of hydrogen-bond donors (Lipinski definition) is 2. The Morgan fingerprint density at radius 3 is 2.96 bits per heavy atom. The van der Waals surface area contributed by atoms with Crippen LogP contribution in [0.15, 0.2) is 47.2 Å². The second kappa shape index (κ2) is 7.92. The first-order chi connectivity index (χ1) is 13.2. The Balaban J connectivity index is 1.38. The predicted molar refractivity (Wildman–Crippen MR) is 105 cm³/mol. The number of halogens is 1. The number of rotatable bonds is 5. The van der Waals surface area contributed by atoms with E-state index in [1.165, 1.54) is 12.1 Å². The Morgan fingerprint density at radius 1 is 1.33 bits per heavy atom. The molecule has 1 aromatic carbocycles. The van der Waals surface area contributed by atoms with Crippen molar-refractivity contribution in [3.05, 3.63) is 58.5 Å². The van der Waals surface area contributed by atoms with E-state index in [2.05, 4.69) is 20.4 Å². The third kappa shape index (κ3) is 4.36. The van der Waals surface area contributed by atoms with Gasteiger partial charge in [-0.2, -0.15) is 16.4 Å². The molecule has 1 amide bonds. The quantitative estimate of drug-likeness (QED) is 0.707. The molecule has 1 fully saturated rings. The van der Waals surface area contributed by atoms with Crippen molar-refractivity contribution in [2.45, 2.75) is 25.3 Å². The fourth-order valence-corrected chi connectivity index (χ4v) is 4.08. The van der Waals surface area contributed by atoms with Crippen molar-refractivity contribution in [2.75, 3.05) is 18.0 Å². The highest BCUT2D eigenvalue weighted by Crippen LogP contribution is 2.24. The molecule has 3 aromatic rings. The van der Waals surface area contributed by atoms with Gasteiger partial charge in [-0.05, 0) is 65.1 Å². The van der Waals surface area contributed by atoms with Gasteiger partial charge in [-0.1, -0.05) is 0 Å². The van der Waals surface area contributed by atoms with Crippen LogP contribution in [0.3, 0.4) is 0 Å². The number of H-pyrrole nitrogens is 1. The Labute approximate surface area is 161 Å². The summed E-state index contributed by atoms with van der Waals surface area (Å²) >= 11 is 1.61. The van der Waals surface area contributed by atoms with Gasteiger partial charge in [0.15, 0.2) is 5.82 Å². The third-order valence-corrected chi connectivity index (χ3v) is 5.51. The van der Waals surface area contributed by atoms with E-state index in [1.807, 2.05) is 22.9 Å². The molecule has 1 saturated heterocycles. The molecule has 0 spiro atoms. The lowest BCUT2D eigenvalue weighted by atomic mass is 10.0. The highest BCUT2D eigenvalue weighted by Gasteiger charge is 2.23. The first-order valence-corrected chi connectivity index (χ1v) is 9.98. The van der Waals surface area contributed by atoms with Crippen LogP contribution in [-0.2, 0) is 11.2 Å². The lowest BCUT2D eigenvalue weighted by Gasteiger charge is -2.33. The summed E-state index contributed by atoms with van der Waals surface area (Å²) in [6, 6.07) is 10.4. The Morgan fingerprint density at radius 2 is 2.19 bits per heavy atom. The highest BCUT2D eigenvalue weighted by molar-refractivity contribution is 7.08. The minimum absolute atomic E-state index is 0.0641. The van der Waals surface area contributed by atoms with Gasteiger partial charge in [0.25, 0.3) is 0 Å². The van der Waals surface area contributed by atoms with Crippen LogP contribution in [0.5, 0.6) is 0 Å². The van der Waals surface area contributed by atoms with Crippen molar-refractivity contribution in [1.29, 1.82) is 0 Å². The van der Waals surface area contributed by atoms with Gasteiger partial charge in [0.1, 0.15) is 5.82 Å². The van der Waals surface area contributed by atoms with E-state index >= 15 is 0 Å². The Kier molecular flexibility index (Phi) is 5.20. The maximum atomic E-state index is 13.1. The molecule has 4 rings (SSSR count). The zero-order chi connectivity index (χ0) is 18.6. The summed E-state index contributed by atoms with van der Waals surface area (Å²) < 4.78 is 13.1. The zero-order valence-electron chi connectivity index (χ0n) is 14.8. The molecule has 0 bridgehead atoms. The molecule has 7 heteroatoms. The normalized spacial score (nSPS) is 17.1. The molecule has 27 heavy (non-hydrogen) atoms. The number of piperidine rings is 1. The van der Waals surface area contributed by atoms with Gasteiger partial charge < -0.3 is 10.2 Å². The number of aromatic amines is 1. The summed E-state index contributed by atoms with van der Waals surface area (Å²) in [4.78, 5) is 14.4. The van der Waals surface area contributed by atoms with Gasteiger partial charge in [0.05, 0.1) is 12.1 Å².